The molecule has 4 nitrogen and oxygen atoms in total. The maximum atomic E-state index is 9.13. The van der Waals surface area contributed by atoms with Gasteiger partial charge in [-0.1, -0.05) is 32.6 Å². The predicted octanol–water partition coefficient (Wildman–Crippen LogP) is 3.37. The van der Waals surface area contributed by atoms with Crippen LogP contribution in [0.25, 0.3) is 0 Å². The number of nitriles is 1. The summed E-state index contributed by atoms with van der Waals surface area (Å²) in [7, 11) is 1.87. The van der Waals surface area contributed by atoms with Crippen LogP contribution in [-0.2, 0) is 7.05 Å². The molecule has 100 valence electrons. The largest absolute Gasteiger partial charge is 0.367 e. The van der Waals surface area contributed by atoms with Crippen molar-refractivity contribution in [2.45, 2.75) is 58.9 Å². The van der Waals surface area contributed by atoms with Crippen molar-refractivity contribution in [1.29, 1.82) is 5.26 Å². The zero-order valence-electron chi connectivity index (χ0n) is 12.0. The SMILES string of the molecule is CCCCCCC(C)Nc1c(C#N)c(C)nn1C. The summed E-state index contributed by atoms with van der Waals surface area (Å²) in [5.74, 6) is 0.845. The molecule has 0 saturated carbocycles. The molecule has 0 bridgehead atoms. The minimum absolute atomic E-state index is 0.378. The summed E-state index contributed by atoms with van der Waals surface area (Å²) in [4.78, 5) is 0. The molecule has 4 heteroatoms. The Bertz CT molecular complexity index is 414. The van der Waals surface area contributed by atoms with E-state index in [1.165, 1.54) is 25.7 Å². The molecule has 1 aromatic rings. The van der Waals surface area contributed by atoms with E-state index >= 15 is 0 Å². The summed E-state index contributed by atoms with van der Waals surface area (Å²) in [6.07, 6.45) is 6.23. The van der Waals surface area contributed by atoms with Gasteiger partial charge in [0.2, 0.25) is 0 Å². The molecule has 0 spiro atoms. The monoisotopic (exact) mass is 248 g/mol. The van der Waals surface area contributed by atoms with Gasteiger partial charge in [-0.25, -0.2) is 0 Å². The summed E-state index contributed by atoms with van der Waals surface area (Å²) in [5, 5.41) is 16.8. The Morgan fingerprint density at radius 3 is 2.72 bits per heavy atom. The molecule has 0 aliphatic heterocycles. The normalized spacial score (nSPS) is 12.2. The smallest absolute Gasteiger partial charge is 0.142 e. The highest BCUT2D eigenvalue weighted by atomic mass is 15.3. The molecule has 0 radical (unpaired) electrons. The quantitative estimate of drug-likeness (QED) is 0.753. The number of nitrogens with zero attached hydrogens (tertiary/aromatic N) is 3. The number of anilines is 1. The van der Waals surface area contributed by atoms with Crippen molar-refractivity contribution in [3.63, 3.8) is 0 Å². The third-order valence-corrected chi connectivity index (χ3v) is 3.21. The van der Waals surface area contributed by atoms with Gasteiger partial charge < -0.3 is 5.32 Å². The molecular formula is C14H24N4. The zero-order chi connectivity index (χ0) is 13.5. The van der Waals surface area contributed by atoms with Crippen molar-refractivity contribution in [3.8, 4) is 6.07 Å². The Morgan fingerprint density at radius 2 is 2.11 bits per heavy atom. The minimum atomic E-state index is 0.378. The lowest BCUT2D eigenvalue weighted by Crippen LogP contribution is -2.18. The molecule has 1 unspecified atom stereocenters. The van der Waals surface area contributed by atoms with E-state index in [2.05, 4.69) is 30.3 Å². The van der Waals surface area contributed by atoms with Crippen LogP contribution in [0.4, 0.5) is 5.82 Å². The third-order valence-electron chi connectivity index (χ3n) is 3.21. The molecule has 0 aliphatic rings. The van der Waals surface area contributed by atoms with Crippen molar-refractivity contribution in [2.75, 3.05) is 5.32 Å². The van der Waals surface area contributed by atoms with Gasteiger partial charge in [-0.15, -0.1) is 0 Å². The number of rotatable bonds is 7. The highest BCUT2D eigenvalue weighted by molar-refractivity contribution is 5.55. The summed E-state index contributed by atoms with van der Waals surface area (Å²) in [5.41, 5.74) is 1.46. The van der Waals surface area contributed by atoms with E-state index in [0.29, 0.717) is 11.6 Å². The first-order chi connectivity index (χ1) is 8.60. The van der Waals surface area contributed by atoms with Gasteiger partial charge in [-0.3, -0.25) is 4.68 Å². The van der Waals surface area contributed by atoms with Gasteiger partial charge in [0, 0.05) is 13.1 Å². The van der Waals surface area contributed by atoms with Crippen LogP contribution in [0.5, 0.6) is 0 Å². The fourth-order valence-corrected chi connectivity index (χ4v) is 2.14. The van der Waals surface area contributed by atoms with Gasteiger partial charge >= 0.3 is 0 Å². The number of aryl methyl sites for hydroxylation is 2. The summed E-state index contributed by atoms with van der Waals surface area (Å²) < 4.78 is 1.76. The molecule has 0 fully saturated rings. The molecule has 0 aromatic carbocycles. The predicted molar refractivity (Wildman–Crippen MR) is 74.5 cm³/mol. The number of aromatic nitrogens is 2. The van der Waals surface area contributed by atoms with Gasteiger partial charge in [-0.05, 0) is 20.3 Å². The number of nitrogens with one attached hydrogen (secondary N) is 1. The average molecular weight is 248 g/mol. The first-order valence-electron chi connectivity index (χ1n) is 6.80. The van der Waals surface area contributed by atoms with Crippen LogP contribution >= 0.6 is 0 Å². The maximum absolute atomic E-state index is 9.13. The van der Waals surface area contributed by atoms with Crippen LogP contribution in [0, 0.1) is 18.3 Å². The second kappa shape index (κ2) is 7.05. The highest BCUT2D eigenvalue weighted by Crippen LogP contribution is 2.19. The van der Waals surface area contributed by atoms with Crippen molar-refractivity contribution < 1.29 is 0 Å². The van der Waals surface area contributed by atoms with Crippen molar-refractivity contribution in [3.05, 3.63) is 11.3 Å². The van der Waals surface area contributed by atoms with Crippen molar-refractivity contribution in [1.82, 2.24) is 9.78 Å². The van der Waals surface area contributed by atoms with Gasteiger partial charge in [0.25, 0.3) is 0 Å². The highest BCUT2D eigenvalue weighted by Gasteiger charge is 2.14. The van der Waals surface area contributed by atoms with E-state index < -0.39 is 0 Å². The van der Waals surface area contributed by atoms with Gasteiger partial charge in [0.1, 0.15) is 17.5 Å². The first-order valence-corrected chi connectivity index (χ1v) is 6.80. The molecule has 1 atom stereocenters. The fourth-order valence-electron chi connectivity index (χ4n) is 2.14. The molecule has 1 aromatic heterocycles. The van der Waals surface area contributed by atoms with E-state index in [9.17, 15) is 0 Å². The van der Waals surface area contributed by atoms with Crippen LogP contribution in [0.15, 0.2) is 0 Å². The lowest BCUT2D eigenvalue weighted by molar-refractivity contribution is 0.589. The van der Waals surface area contributed by atoms with Gasteiger partial charge in [-0.2, -0.15) is 10.4 Å². The fraction of sp³-hybridized carbons (Fsp3) is 0.714. The first kappa shape index (κ1) is 14.6. The second-order valence-corrected chi connectivity index (χ2v) is 4.94. The van der Waals surface area contributed by atoms with Crippen molar-refractivity contribution in [2.24, 2.45) is 7.05 Å². The standard InChI is InChI=1S/C14H24N4/c1-5-6-7-8-9-11(2)16-14-13(10-15)12(3)17-18(14)4/h11,16H,5-9H2,1-4H3. The number of hydrogen-bond donors (Lipinski definition) is 1. The molecule has 1 rings (SSSR count). The van der Waals surface area contributed by atoms with E-state index in [1.54, 1.807) is 4.68 Å². The Morgan fingerprint density at radius 1 is 1.39 bits per heavy atom. The topological polar surface area (TPSA) is 53.6 Å². The molecule has 18 heavy (non-hydrogen) atoms. The van der Waals surface area contributed by atoms with Crippen LogP contribution in [0.2, 0.25) is 0 Å². The Hall–Kier alpha value is -1.50. The van der Waals surface area contributed by atoms with E-state index in [0.717, 1.165) is 17.9 Å². The second-order valence-electron chi connectivity index (χ2n) is 4.94. The molecule has 0 aliphatic carbocycles. The van der Waals surface area contributed by atoms with Crippen LogP contribution < -0.4 is 5.32 Å². The van der Waals surface area contributed by atoms with Crippen LogP contribution in [0.3, 0.4) is 0 Å². The minimum Gasteiger partial charge on any atom is -0.367 e. The molecular weight excluding hydrogens is 224 g/mol. The number of unbranched alkanes of at least 4 members (excludes halogenated alkanes) is 3. The molecule has 1 N–H and O–H groups in total. The van der Waals surface area contributed by atoms with Gasteiger partial charge in [0.15, 0.2) is 0 Å². The van der Waals surface area contributed by atoms with Gasteiger partial charge in [0.05, 0.1) is 5.69 Å². The average Bonchev–Trinajstić information content (AvgIpc) is 2.59. The zero-order valence-corrected chi connectivity index (χ0v) is 12.0. The lowest BCUT2D eigenvalue weighted by Gasteiger charge is -2.15. The van der Waals surface area contributed by atoms with E-state index in [-0.39, 0.29) is 0 Å². The lowest BCUT2D eigenvalue weighted by atomic mass is 10.1. The summed E-state index contributed by atoms with van der Waals surface area (Å²) >= 11 is 0. The van der Waals surface area contributed by atoms with E-state index in [4.69, 9.17) is 5.26 Å². The Balaban J connectivity index is 2.54. The van der Waals surface area contributed by atoms with Crippen molar-refractivity contribution >= 4 is 5.82 Å². The Kier molecular flexibility index (Phi) is 5.70. The summed E-state index contributed by atoms with van der Waals surface area (Å²) in [6, 6.07) is 2.60. The Labute approximate surface area is 110 Å². The molecule has 0 amide bonds. The maximum Gasteiger partial charge on any atom is 0.142 e. The molecule has 0 saturated heterocycles. The third kappa shape index (κ3) is 3.76. The molecule has 1 heterocycles. The number of hydrogen-bond acceptors (Lipinski definition) is 3. The van der Waals surface area contributed by atoms with E-state index in [1.807, 2.05) is 14.0 Å². The summed E-state index contributed by atoms with van der Waals surface area (Å²) in [6.45, 7) is 6.25. The van der Waals surface area contributed by atoms with Crippen LogP contribution in [-0.4, -0.2) is 15.8 Å². The van der Waals surface area contributed by atoms with Crippen LogP contribution in [0.1, 0.15) is 57.2 Å².